The molecule has 126 valence electrons. The minimum absolute atomic E-state index is 0.0452. The van der Waals surface area contributed by atoms with Gasteiger partial charge in [-0.15, -0.1) is 11.3 Å². The third-order valence-electron chi connectivity index (χ3n) is 5.35. The molecule has 3 heterocycles. The maximum atomic E-state index is 12.9. The van der Waals surface area contributed by atoms with Crippen molar-refractivity contribution in [3.63, 3.8) is 0 Å². The van der Waals surface area contributed by atoms with Gasteiger partial charge >= 0.3 is 0 Å². The first kappa shape index (κ1) is 15.6. The predicted octanol–water partition coefficient (Wildman–Crippen LogP) is 3.34. The van der Waals surface area contributed by atoms with Crippen LogP contribution in [-0.4, -0.2) is 28.9 Å². The fourth-order valence-electron chi connectivity index (χ4n) is 3.97. The highest BCUT2D eigenvalue weighted by molar-refractivity contribution is 7.12. The Labute approximate surface area is 145 Å². The van der Waals surface area contributed by atoms with E-state index in [0.717, 1.165) is 49.2 Å². The van der Waals surface area contributed by atoms with Gasteiger partial charge in [-0.25, -0.2) is 0 Å². The third-order valence-corrected chi connectivity index (χ3v) is 6.41. The predicted molar refractivity (Wildman–Crippen MR) is 95.9 cm³/mol. The fraction of sp³-hybridized carbons (Fsp3) is 0.474. The minimum Gasteiger partial charge on any atom is -0.338 e. The Morgan fingerprint density at radius 2 is 2.00 bits per heavy atom. The molecule has 0 radical (unpaired) electrons. The molecule has 1 aliphatic carbocycles. The number of hydrogen-bond donors (Lipinski definition) is 1. The van der Waals surface area contributed by atoms with Crippen molar-refractivity contribution >= 4 is 17.2 Å². The Morgan fingerprint density at radius 1 is 1.21 bits per heavy atom. The minimum atomic E-state index is -0.0452. The number of piperidine rings is 1. The lowest BCUT2D eigenvalue weighted by atomic mass is 9.89. The van der Waals surface area contributed by atoms with Crippen LogP contribution < -0.4 is 5.56 Å². The van der Waals surface area contributed by atoms with Crippen molar-refractivity contribution in [1.29, 1.82) is 0 Å². The van der Waals surface area contributed by atoms with Crippen LogP contribution in [0.1, 0.15) is 58.0 Å². The Balaban J connectivity index is 1.45. The number of fused-ring (bicyclic) bond motifs is 1. The van der Waals surface area contributed by atoms with E-state index < -0.39 is 0 Å². The lowest BCUT2D eigenvalue weighted by Gasteiger charge is -2.32. The smallest absolute Gasteiger partial charge is 0.264 e. The Kier molecular flexibility index (Phi) is 4.27. The van der Waals surface area contributed by atoms with E-state index in [2.05, 4.69) is 10.4 Å². The molecule has 4 rings (SSSR count). The van der Waals surface area contributed by atoms with Gasteiger partial charge in [-0.1, -0.05) is 0 Å². The van der Waals surface area contributed by atoms with E-state index in [9.17, 15) is 9.59 Å². The summed E-state index contributed by atoms with van der Waals surface area (Å²) in [5, 5.41) is 2.19. The van der Waals surface area contributed by atoms with Crippen LogP contribution in [0.2, 0.25) is 0 Å². The zero-order chi connectivity index (χ0) is 16.5. The maximum absolute atomic E-state index is 12.9. The zero-order valence-corrected chi connectivity index (χ0v) is 14.5. The molecule has 2 aromatic heterocycles. The molecule has 4 nitrogen and oxygen atoms in total. The molecule has 0 spiro atoms. The second kappa shape index (κ2) is 6.55. The molecule has 0 unspecified atom stereocenters. The van der Waals surface area contributed by atoms with Gasteiger partial charge < -0.3 is 9.88 Å². The normalized spacial score (nSPS) is 18.4. The summed E-state index contributed by atoms with van der Waals surface area (Å²) >= 11 is 1.63. The molecule has 24 heavy (non-hydrogen) atoms. The lowest BCUT2D eigenvalue weighted by Crippen LogP contribution is -2.38. The number of aryl methyl sites for hydroxylation is 1. The molecule has 2 aliphatic rings. The first-order valence-corrected chi connectivity index (χ1v) is 9.67. The number of likely N-dealkylation sites (tertiary alicyclic amines) is 1. The fourth-order valence-corrected chi connectivity index (χ4v) is 5.10. The quantitative estimate of drug-likeness (QED) is 0.910. The second-order valence-corrected chi connectivity index (χ2v) is 7.71. The van der Waals surface area contributed by atoms with Crippen molar-refractivity contribution in [2.75, 3.05) is 13.1 Å². The first-order chi connectivity index (χ1) is 11.7. The second-order valence-electron chi connectivity index (χ2n) is 6.83. The van der Waals surface area contributed by atoms with Crippen molar-refractivity contribution in [3.05, 3.63) is 55.6 Å². The van der Waals surface area contributed by atoms with Crippen LogP contribution >= 0.6 is 11.3 Å². The summed E-state index contributed by atoms with van der Waals surface area (Å²) in [5.41, 5.74) is 3.76. The van der Waals surface area contributed by atoms with Crippen LogP contribution in [0.4, 0.5) is 0 Å². The monoisotopic (exact) mass is 342 g/mol. The van der Waals surface area contributed by atoms with Gasteiger partial charge in [0.1, 0.15) is 0 Å². The lowest BCUT2D eigenvalue weighted by molar-refractivity contribution is 0.0716. The highest BCUT2D eigenvalue weighted by atomic mass is 32.1. The number of H-pyrrole nitrogens is 1. The van der Waals surface area contributed by atoms with Gasteiger partial charge in [0.25, 0.3) is 5.91 Å². The Morgan fingerprint density at radius 3 is 2.79 bits per heavy atom. The summed E-state index contributed by atoms with van der Waals surface area (Å²) in [4.78, 5) is 30.0. The highest BCUT2D eigenvalue weighted by Crippen LogP contribution is 2.33. The van der Waals surface area contributed by atoms with Crippen LogP contribution in [0.5, 0.6) is 0 Å². The molecule has 2 aromatic rings. The zero-order valence-electron chi connectivity index (χ0n) is 13.7. The van der Waals surface area contributed by atoms with Crippen LogP contribution in [0.25, 0.3) is 0 Å². The average Bonchev–Trinajstić information content (AvgIpc) is 3.05. The van der Waals surface area contributed by atoms with Crippen molar-refractivity contribution in [1.82, 2.24) is 9.88 Å². The number of nitrogens with zero attached hydrogens (tertiary/aromatic N) is 1. The van der Waals surface area contributed by atoms with Crippen molar-refractivity contribution < 1.29 is 4.79 Å². The van der Waals surface area contributed by atoms with Crippen LogP contribution in [0.15, 0.2) is 28.5 Å². The van der Waals surface area contributed by atoms with E-state index in [0.29, 0.717) is 5.92 Å². The number of pyridine rings is 1. The molecule has 1 amide bonds. The van der Waals surface area contributed by atoms with Gasteiger partial charge in [0.15, 0.2) is 0 Å². The number of aromatic nitrogens is 1. The Bertz CT molecular complexity index is 800. The molecule has 0 atom stereocenters. The highest BCUT2D eigenvalue weighted by Gasteiger charge is 2.28. The number of carbonyl (C=O) groups excluding carboxylic acids is 1. The van der Waals surface area contributed by atoms with E-state index in [-0.39, 0.29) is 11.5 Å². The summed E-state index contributed by atoms with van der Waals surface area (Å²) in [6.45, 7) is 1.56. The summed E-state index contributed by atoms with van der Waals surface area (Å²) in [7, 11) is 0. The molecule has 1 saturated heterocycles. The van der Waals surface area contributed by atoms with Gasteiger partial charge in [-0.3, -0.25) is 9.59 Å². The van der Waals surface area contributed by atoms with Crippen molar-refractivity contribution in [2.45, 2.75) is 44.4 Å². The van der Waals surface area contributed by atoms with Gasteiger partial charge in [-0.2, -0.15) is 0 Å². The summed E-state index contributed by atoms with van der Waals surface area (Å²) < 4.78 is 0. The van der Waals surface area contributed by atoms with Crippen molar-refractivity contribution in [3.8, 4) is 0 Å². The van der Waals surface area contributed by atoms with Gasteiger partial charge in [0.05, 0.1) is 4.88 Å². The maximum Gasteiger partial charge on any atom is 0.264 e. The van der Waals surface area contributed by atoms with Gasteiger partial charge in [0.2, 0.25) is 5.56 Å². The average molecular weight is 342 g/mol. The molecular weight excluding hydrogens is 320 g/mol. The third kappa shape index (κ3) is 2.93. The number of carbonyl (C=O) groups is 1. The Hall–Kier alpha value is -1.88. The molecule has 5 heteroatoms. The van der Waals surface area contributed by atoms with E-state index >= 15 is 0 Å². The van der Waals surface area contributed by atoms with Crippen LogP contribution in [-0.2, 0) is 12.8 Å². The summed E-state index contributed by atoms with van der Waals surface area (Å²) in [6.07, 6.45) is 8.22. The summed E-state index contributed by atoms with van der Waals surface area (Å²) in [5.74, 6) is 0.598. The number of amides is 1. The molecule has 0 aromatic carbocycles. The molecule has 0 bridgehead atoms. The summed E-state index contributed by atoms with van der Waals surface area (Å²) in [6, 6.07) is 3.68. The molecule has 1 fully saturated rings. The van der Waals surface area contributed by atoms with Gasteiger partial charge in [0, 0.05) is 25.4 Å². The standard InChI is InChI=1S/C19H22N2O2S/c22-17-11-14(5-8-20-17)13-6-9-21(10-7-13)19(23)18-16-4-2-1-3-15(16)12-24-18/h5,8,11-13H,1-4,6-7,9-10H2,(H,20,22). The number of hydrogen-bond acceptors (Lipinski definition) is 3. The number of aromatic amines is 1. The van der Waals surface area contributed by atoms with Gasteiger partial charge in [-0.05, 0) is 72.6 Å². The number of nitrogens with one attached hydrogen (secondary N) is 1. The largest absolute Gasteiger partial charge is 0.338 e. The number of thiophene rings is 1. The van der Waals surface area contributed by atoms with E-state index in [4.69, 9.17) is 0 Å². The SMILES string of the molecule is O=C(c1scc2c1CCCC2)N1CCC(c2cc[nH]c(=O)c2)CC1. The van der Waals surface area contributed by atoms with Crippen LogP contribution in [0, 0.1) is 0 Å². The van der Waals surface area contributed by atoms with Crippen molar-refractivity contribution in [2.24, 2.45) is 0 Å². The number of rotatable bonds is 2. The molecule has 0 saturated carbocycles. The van der Waals surface area contributed by atoms with Crippen LogP contribution in [0.3, 0.4) is 0 Å². The molecule has 1 aliphatic heterocycles. The first-order valence-electron chi connectivity index (χ1n) is 8.79. The van der Waals surface area contributed by atoms with E-state index in [1.54, 1.807) is 23.6 Å². The topological polar surface area (TPSA) is 53.2 Å². The molecule has 1 N–H and O–H groups in total. The molecular formula is C19H22N2O2S. The van der Waals surface area contributed by atoms with E-state index in [1.165, 1.54) is 24.0 Å². The van der Waals surface area contributed by atoms with E-state index in [1.807, 2.05) is 11.0 Å².